The van der Waals surface area contributed by atoms with Crippen molar-refractivity contribution >= 4 is 6.08 Å². The van der Waals surface area contributed by atoms with E-state index < -0.39 is 0 Å². The van der Waals surface area contributed by atoms with Gasteiger partial charge in [-0.05, 0) is 67.1 Å². The third-order valence-electron chi connectivity index (χ3n) is 4.72. The van der Waals surface area contributed by atoms with E-state index in [2.05, 4.69) is 68.5 Å². The van der Waals surface area contributed by atoms with Crippen molar-refractivity contribution < 1.29 is 0 Å². The first-order chi connectivity index (χ1) is 11.9. The number of aromatic nitrogens is 1. The van der Waals surface area contributed by atoms with E-state index in [4.69, 9.17) is 0 Å². The van der Waals surface area contributed by atoms with Crippen molar-refractivity contribution in [1.82, 2.24) is 9.88 Å². The molecule has 2 aromatic rings. The number of likely N-dealkylation sites (tertiary alicyclic amines) is 1. The molecule has 2 heteroatoms. The third-order valence-corrected chi connectivity index (χ3v) is 4.72. The molecule has 1 saturated heterocycles. The van der Waals surface area contributed by atoms with Crippen LogP contribution >= 0.6 is 0 Å². The van der Waals surface area contributed by atoms with Gasteiger partial charge in [0.1, 0.15) is 0 Å². The number of nitrogens with zero attached hydrogens (tertiary/aromatic N) is 2. The Labute approximate surface area is 153 Å². The van der Waals surface area contributed by atoms with Crippen LogP contribution in [0.2, 0.25) is 0 Å². The fraction of sp³-hybridized carbons (Fsp3) is 0.435. The monoisotopic (exact) mass is 336 g/mol. The molecule has 2 nitrogen and oxygen atoms in total. The zero-order valence-corrected chi connectivity index (χ0v) is 16.2. The van der Waals surface area contributed by atoms with Gasteiger partial charge in [0.2, 0.25) is 0 Å². The van der Waals surface area contributed by atoms with Gasteiger partial charge in [0, 0.05) is 12.7 Å². The minimum absolute atomic E-state index is 0.265. The number of hydrogen-bond acceptors (Lipinski definition) is 2. The van der Waals surface area contributed by atoms with Crippen LogP contribution in [0.1, 0.15) is 44.0 Å². The molecule has 0 amide bonds. The average Bonchev–Trinajstić information content (AvgIpc) is 3.00. The van der Waals surface area contributed by atoms with Crippen LogP contribution in [0.4, 0.5) is 0 Å². The maximum Gasteiger partial charge on any atom is 0.0623 e. The van der Waals surface area contributed by atoms with Gasteiger partial charge in [-0.1, -0.05) is 57.7 Å². The minimum atomic E-state index is 0.265. The van der Waals surface area contributed by atoms with E-state index in [1.165, 1.54) is 31.5 Å². The standard InChI is InChI=1S/C16H25N.C7H7N/c1-16(2,3)15-8-6-5-7-14(15)11-13-9-10-17(4)12-13;1-2-7-5-3-4-6-8-7/h5-8,13H,9-12H2,1-4H3;2-6H,1H2. The molecule has 1 fully saturated rings. The van der Waals surface area contributed by atoms with Crippen molar-refractivity contribution in [3.8, 4) is 0 Å². The Kier molecular flexibility index (Phi) is 6.95. The Morgan fingerprint density at radius 3 is 2.40 bits per heavy atom. The van der Waals surface area contributed by atoms with Crippen molar-refractivity contribution in [3.05, 3.63) is 72.1 Å². The lowest BCUT2D eigenvalue weighted by Gasteiger charge is -2.24. The number of rotatable bonds is 3. The summed E-state index contributed by atoms with van der Waals surface area (Å²) < 4.78 is 0. The van der Waals surface area contributed by atoms with Gasteiger partial charge in [-0.25, -0.2) is 0 Å². The molecule has 0 saturated carbocycles. The Bertz CT molecular complexity index is 655. The number of hydrogen-bond donors (Lipinski definition) is 0. The number of benzene rings is 1. The third kappa shape index (κ3) is 6.13. The van der Waals surface area contributed by atoms with Crippen LogP contribution in [0.25, 0.3) is 6.08 Å². The van der Waals surface area contributed by atoms with E-state index in [0.717, 1.165) is 11.6 Å². The highest BCUT2D eigenvalue weighted by molar-refractivity contribution is 5.40. The van der Waals surface area contributed by atoms with Crippen molar-refractivity contribution in [2.45, 2.75) is 39.0 Å². The van der Waals surface area contributed by atoms with Crippen LogP contribution in [0.3, 0.4) is 0 Å². The molecule has 1 aromatic heterocycles. The highest BCUT2D eigenvalue weighted by Gasteiger charge is 2.23. The van der Waals surface area contributed by atoms with E-state index in [-0.39, 0.29) is 5.41 Å². The van der Waals surface area contributed by atoms with Crippen LogP contribution in [0.15, 0.2) is 55.2 Å². The van der Waals surface area contributed by atoms with Gasteiger partial charge in [-0.15, -0.1) is 0 Å². The summed E-state index contributed by atoms with van der Waals surface area (Å²) in [5, 5.41) is 0. The van der Waals surface area contributed by atoms with E-state index in [1.54, 1.807) is 17.8 Å². The zero-order valence-electron chi connectivity index (χ0n) is 16.2. The zero-order chi connectivity index (χ0) is 18.3. The van der Waals surface area contributed by atoms with Crippen molar-refractivity contribution in [1.29, 1.82) is 0 Å². The second kappa shape index (κ2) is 8.96. The SMILES string of the molecule is C=Cc1ccccn1.CN1CCC(Cc2ccccc2C(C)(C)C)C1. The topological polar surface area (TPSA) is 16.1 Å². The molecular formula is C23H32N2. The lowest BCUT2D eigenvalue weighted by molar-refractivity contribution is 0.393. The highest BCUT2D eigenvalue weighted by Crippen LogP contribution is 2.29. The minimum Gasteiger partial charge on any atom is -0.306 e. The smallest absolute Gasteiger partial charge is 0.0623 e. The highest BCUT2D eigenvalue weighted by atomic mass is 15.1. The largest absolute Gasteiger partial charge is 0.306 e. The summed E-state index contributed by atoms with van der Waals surface area (Å²) >= 11 is 0. The van der Waals surface area contributed by atoms with Crippen molar-refractivity contribution in [3.63, 3.8) is 0 Å². The molecule has 1 atom stereocenters. The van der Waals surface area contributed by atoms with Gasteiger partial charge in [0.15, 0.2) is 0 Å². The summed E-state index contributed by atoms with van der Waals surface area (Å²) in [4.78, 5) is 6.43. The van der Waals surface area contributed by atoms with Crippen LogP contribution in [-0.2, 0) is 11.8 Å². The Morgan fingerprint density at radius 1 is 1.16 bits per heavy atom. The fourth-order valence-electron chi connectivity index (χ4n) is 3.43. The van der Waals surface area contributed by atoms with E-state index in [1.807, 2.05) is 18.2 Å². The number of pyridine rings is 1. The maximum absolute atomic E-state index is 3.98. The normalized spacial score (nSPS) is 17.7. The Hall–Kier alpha value is -1.93. The molecule has 1 aromatic carbocycles. The van der Waals surface area contributed by atoms with Gasteiger partial charge in [-0.2, -0.15) is 0 Å². The molecule has 25 heavy (non-hydrogen) atoms. The first kappa shape index (κ1) is 19.4. The quantitative estimate of drug-likeness (QED) is 0.765. The van der Waals surface area contributed by atoms with E-state index in [9.17, 15) is 0 Å². The summed E-state index contributed by atoms with van der Waals surface area (Å²) in [6.45, 7) is 13.0. The summed E-state index contributed by atoms with van der Waals surface area (Å²) in [5.41, 5.74) is 4.27. The first-order valence-electron chi connectivity index (χ1n) is 9.20. The van der Waals surface area contributed by atoms with Crippen LogP contribution in [0.5, 0.6) is 0 Å². The summed E-state index contributed by atoms with van der Waals surface area (Å²) in [5.74, 6) is 0.850. The molecule has 1 aliphatic heterocycles. The van der Waals surface area contributed by atoms with Crippen LogP contribution in [0, 0.1) is 5.92 Å². The molecule has 0 radical (unpaired) electrons. The van der Waals surface area contributed by atoms with E-state index in [0.29, 0.717) is 0 Å². The Morgan fingerprint density at radius 2 is 1.88 bits per heavy atom. The lowest BCUT2D eigenvalue weighted by atomic mass is 9.81. The maximum atomic E-state index is 3.98. The second-order valence-corrected chi connectivity index (χ2v) is 7.99. The molecule has 2 heterocycles. The van der Waals surface area contributed by atoms with Crippen molar-refractivity contribution in [2.75, 3.05) is 20.1 Å². The summed E-state index contributed by atoms with van der Waals surface area (Å²) in [6.07, 6.45) is 6.07. The van der Waals surface area contributed by atoms with E-state index >= 15 is 0 Å². The summed E-state index contributed by atoms with van der Waals surface area (Å²) in [7, 11) is 2.23. The molecular weight excluding hydrogens is 304 g/mol. The second-order valence-electron chi connectivity index (χ2n) is 7.99. The molecule has 134 valence electrons. The first-order valence-corrected chi connectivity index (χ1v) is 9.20. The fourth-order valence-corrected chi connectivity index (χ4v) is 3.43. The van der Waals surface area contributed by atoms with Gasteiger partial charge in [0.25, 0.3) is 0 Å². The van der Waals surface area contributed by atoms with Gasteiger partial charge < -0.3 is 4.90 Å². The predicted octanol–water partition coefficient (Wildman–Crippen LogP) is 5.20. The van der Waals surface area contributed by atoms with Gasteiger partial charge >= 0.3 is 0 Å². The predicted molar refractivity (Wildman–Crippen MR) is 109 cm³/mol. The Balaban J connectivity index is 0.000000236. The van der Waals surface area contributed by atoms with Crippen LogP contribution < -0.4 is 0 Å². The van der Waals surface area contributed by atoms with Gasteiger partial charge in [-0.3, -0.25) is 4.98 Å². The van der Waals surface area contributed by atoms with Crippen molar-refractivity contribution in [2.24, 2.45) is 5.92 Å². The van der Waals surface area contributed by atoms with Crippen LogP contribution in [-0.4, -0.2) is 30.0 Å². The molecule has 0 spiro atoms. The molecule has 3 rings (SSSR count). The molecule has 1 aliphatic rings. The average molecular weight is 337 g/mol. The molecule has 0 N–H and O–H groups in total. The summed E-state index contributed by atoms with van der Waals surface area (Å²) in [6, 6.07) is 14.7. The molecule has 1 unspecified atom stereocenters. The van der Waals surface area contributed by atoms with Gasteiger partial charge in [0.05, 0.1) is 5.69 Å². The molecule has 0 bridgehead atoms. The molecule has 0 aliphatic carbocycles. The lowest BCUT2D eigenvalue weighted by Crippen LogP contribution is -2.18.